The Bertz CT molecular complexity index is 776. The largest absolute Gasteiger partial charge is 0.452 e. The average molecular weight is 385 g/mol. The number of amides is 2. The first-order valence-electron chi connectivity index (χ1n) is 7.82. The average Bonchev–Trinajstić information content (AvgIpc) is 2.63. The number of likely N-dealkylation sites (N-methyl/N-ethyl adjacent to an activating group) is 1. The molecule has 1 aromatic carbocycles. The van der Waals surface area contributed by atoms with Crippen LogP contribution in [0.1, 0.15) is 24.2 Å². The Balaban J connectivity index is 2.77. The molecule has 0 spiro atoms. The summed E-state index contributed by atoms with van der Waals surface area (Å²) >= 11 is 0. The Labute approximate surface area is 152 Å². The van der Waals surface area contributed by atoms with Gasteiger partial charge in [-0.2, -0.15) is 4.31 Å². The zero-order chi connectivity index (χ0) is 19.9. The number of nitrogens with one attached hydrogen (secondary N) is 2. The highest BCUT2D eigenvalue weighted by molar-refractivity contribution is 7.89. The zero-order valence-corrected chi connectivity index (χ0v) is 15.9. The molecule has 0 aliphatic rings. The summed E-state index contributed by atoms with van der Waals surface area (Å²) in [6.45, 7) is 2.64. The highest BCUT2D eigenvalue weighted by atomic mass is 32.2. The third-order valence-electron chi connectivity index (χ3n) is 3.53. The number of carbonyl (C=O) groups is 3. The molecule has 0 heterocycles. The Hall–Kier alpha value is -2.46. The van der Waals surface area contributed by atoms with Crippen molar-refractivity contribution in [2.24, 2.45) is 0 Å². The van der Waals surface area contributed by atoms with Crippen LogP contribution in [0.15, 0.2) is 29.2 Å². The van der Waals surface area contributed by atoms with Crippen molar-refractivity contribution in [3.8, 4) is 0 Å². The molecule has 2 amide bonds. The maximum atomic E-state index is 12.5. The third kappa shape index (κ3) is 5.81. The molecule has 1 aromatic rings. The van der Waals surface area contributed by atoms with Gasteiger partial charge < -0.3 is 15.4 Å². The Morgan fingerprint density at radius 3 is 2.42 bits per heavy atom. The fraction of sp³-hybridized carbons (Fsp3) is 0.438. The number of nitrogens with zero attached hydrogens (tertiary/aromatic N) is 1. The van der Waals surface area contributed by atoms with Gasteiger partial charge in [-0.15, -0.1) is 0 Å². The van der Waals surface area contributed by atoms with Crippen LogP contribution in [0.25, 0.3) is 0 Å². The second-order valence-corrected chi connectivity index (χ2v) is 7.67. The van der Waals surface area contributed by atoms with E-state index in [-0.39, 0.29) is 23.0 Å². The second kappa shape index (κ2) is 9.30. The minimum absolute atomic E-state index is 0.00216. The molecule has 0 fully saturated rings. The molecule has 0 aliphatic heterocycles. The molecule has 1 rings (SSSR count). The number of sulfonamides is 1. The first-order valence-corrected chi connectivity index (χ1v) is 9.26. The van der Waals surface area contributed by atoms with E-state index >= 15 is 0 Å². The molecule has 9 nitrogen and oxygen atoms in total. The van der Waals surface area contributed by atoms with E-state index in [2.05, 4.69) is 10.6 Å². The minimum atomic E-state index is -3.74. The quantitative estimate of drug-likeness (QED) is 0.594. The summed E-state index contributed by atoms with van der Waals surface area (Å²) in [6, 6.07) is 5.13. The van der Waals surface area contributed by atoms with Crippen LogP contribution in [0.3, 0.4) is 0 Å². The molecule has 0 atom stereocenters. The van der Waals surface area contributed by atoms with Crippen LogP contribution in [0.4, 0.5) is 0 Å². The molecule has 0 unspecified atom stereocenters. The normalized spacial score (nSPS) is 11.3. The van der Waals surface area contributed by atoms with Gasteiger partial charge in [0, 0.05) is 20.1 Å². The van der Waals surface area contributed by atoms with Crippen LogP contribution in [0.5, 0.6) is 0 Å². The van der Waals surface area contributed by atoms with Crippen molar-refractivity contribution in [3.05, 3.63) is 29.8 Å². The van der Waals surface area contributed by atoms with E-state index < -0.39 is 34.4 Å². The standard InChI is InChI=1S/C16H23N3O6S/c1-11(2)19(4)26(23,24)13-7-5-6-12(8-13)16(22)25-10-15(21)18-9-14(20)17-3/h5-8,11H,9-10H2,1-4H3,(H,17,20)(H,18,21). The lowest BCUT2D eigenvalue weighted by molar-refractivity contribution is -0.127. The summed E-state index contributed by atoms with van der Waals surface area (Å²) < 4.78 is 31.0. The van der Waals surface area contributed by atoms with Gasteiger partial charge >= 0.3 is 5.97 Å². The highest BCUT2D eigenvalue weighted by Gasteiger charge is 2.24. The summed E-state index contributed by atoms with van der Waals surface area (Å²) in [5, 5.41) is 4.60. The zero-order valence-electron chi connectivity index (χ0n) is 15.1. The van der Waals surface area contributed by atoms with Crippen molar-refractivity contribution >= 4 is 27.8 Å². The van der Waals surface area contributed by atoms with Gasteiger partial charge in [0.1, 0.15) is 0 Å². The van der Waals surface area contributed by atoms with Crippen molar-refractivity contribution in [3.63, 3.8) is 0 Å². The van der Waals surface area contributed by atoms with Gasteiger partial charge in [-0.1, -0.05) is 6.07 Å². The first-order chi connectivity index (χ1) is 12.1. The lowest BCUT2D eigenvalue weighted by Gasteiger charge is -2.21. The molecule has 0 saturated heterocycles. The minimum Gasteiger partial charge on any atom is -0.452 e. The van der Waals surface area contributed by atoms with Crippen molar-refractivity contribution in [2.45, 2.75) is 24.8 Å². The van der Waals surface area contributed by atoms with E-state index in [1.165, 1.54) is 42.7 Å². The number of ether oxygens (including phenoxy) is 1. The fourth-order valence-corrected chi connectivity index (χ4v) is 3.17. The molecule has 0 saturated carbocycles. The molecule has 144 valence electrons. The Morgan fingerprint density at radius 1 is 1.19 bits per heavy atom. The number of esters is 1. The van der Waals surface area contributed by atoms with Gasteiger partial charge in [-0.3, -0.25) is 9.59 Å². The number of hydrogen-bond acceptors (Lipinski definition) is 6. The van der Waals surface area contributed by atoms with Crippen LogP contribution < -0.4 is 10.6 Å². The second-order valence-electron chi connectivity index (χ2n) is 5.67. The lowest BCUT2D eigenvalue weighted by atomic mass is 10.2. The van der Waals surface area contributed by atoms with E-state index in [0.29, 0.717) is 0 Å². The van der Waals surface area contributed by atoms with Gasteiger partial charge in [0.05, 0.1) is 17.0 Å². The van der Waals surface area contributed by atoms with Gasteiger partial charge in [-0.05, 0) is 32.0 Å². The molecule has 0 bridgehead atoms. The molecular weight excluding hydrogens is 362 g/mol. The summed E-state index contributed by atoms with van der Waals surface area (Å²) in [7, 11) is -0.876. The predicted octanol–water partition coefficient (Wildman–Crippen LogP) is -0.265. The summed E-state index contributed by atoms with van der Waals surface area (Å²) in [5.41, 5.74) is 0.00216. The summed E-state index contributed by atoms with van der Waals surface area (Å²) in [5.74, 6) is -1.88. The van der Waals surface area contributed by atoms with Crippen molar-refractivity contribution in [2.75, 3.05) is 27.2 Å². The summed E-state index contributed by atoms with van der Waals surface area (Å²) in [6.07, 6.45) is 0. The number of carbonyl (C=O) groups excluding carboxylic acids is 3. The van der Waals surface area contributed by atoms with Gasteiger partial charge in [-0.25, -0.2) is 13.2 Å². The molecule has 26 heavy (non-hydrogen) atoms. The van der Waals surface area contributed by atoms with E-state index in [9.17, 15) is 22.8 Å². The molecule has 10 heteroatoms. The Kier molecular flexibility index (Phi) is 7.72. The van der Waals surface area contributed by atoms with Crippen LogP contribution in [-0.2, 0) is 24.3 Å². The highest BCUT2D eigenvalue weighted by Crippen LogP contribution is 2.18. The van der Waals surface area contributed by atoms with Crippen LogP contribution in [0, 0.1) is 0 Å². The molecule has 0 radical (unpaired) electrons. The van der Waals surface area contributed by atoms with E-state index in [1.807, 2.05) is 0 Å². The van der Waals surface area contributed by atoms with Gasteiger partial charge in [0.15, 0.2) is 6.61 Å². The first kappa shape index (κ1) is 21.6. The monoisotopic (exact) mass is 385 g/mol. The molecule has 0 aliphatic carbocycles. The van der Waals surface area contributed by atoms with Crippen molar-refractivity contribution in [1.82, 2.24) is 14.9 Å². The smallest absolute Gasteiger partial charge is 0.338 e. The fourth-order valence-electron chi connectivity index (χ4n) is 1.76. The molecule has 0 aromatic heterocycles. The van der Waals surface area contributed by atoms with E-state index in [4.69, 9.17) is 4.74 Å². The number of hydrogen-bond donors (Lipinski definition) is 2. The van der Waals surface area contributed by atoms with Gasteiger partial charge in [0.2, 0.25) is 15.9 Å². The van der Waals surface area contributed by atoms with Crippen LogP contribution >= 0.6 is 0 Å². The SMILES string of the molecule is CNC(=O)CNC(=O)COC(=O)c1cccc(S(=O)(=O)N(C)C(C)C)c1. The number of rotatable bonds is 8. The van der Waals surface area contributed by atoms with E-state index in [1.54, 1.807) is 13.8 Å². The van der Waals surface area contributed by atoms with Crippen molar-refractivity contribution < 1.29 is 27.5 Å². The summed E-state index contributed by atoms with van der Waals surface area (Å²) in [4.78, 5) is 34.5. The molecule has 2 N–H and O–H groups in total. The lowest BCUT2D eigenvalue weighted by Crippen LogP contribution is -2.37. The van der Waals surface area contributed by atoms with Crippen molar-refractivity contribution in [1.29, 1.82) is 0 Å². The Morgan fingerprint density at radius 2 is 1.85 bits per heavy atom. The number of benzene rings is 1. The predicted molar refractivity (Wildman–Crippen MR) is 93.9 cm³/mol. The van der Waals surface area contributed by atoms with E-state index in [0.717, 1.165) is 0 Å². The maximum Gasteiger partial charge on any atom is 0.338 e. The van der Waals surface area contributed by atoms with Gasteiger partial charge in [0.25, 0.3) is 5.91 Å². The maximum absolute atomic E-state index is 12.5. The third-order valence-corrected chi connectivity index (χ3v) is 5.56. The molecular formula is C16H23N3O6S. The van der Waals surface area contributed by atoms with Crippen LogP contribution in [0.2, 0.25) is 0 Å². The van der Waals surface area contributed by atoms with Crippen LogP contribution in [-0.4, -0.2) is 63.8 Å². The topological polar surface area (TPSA) is 122 Å².